The van der Waals surface area contributed by atoms with Crippen LogP contribution in [0, 0.1) is 11.8 Å². The summed E-state index contributed by atoms with van der Waals surface area (Å²) in [5.41, 5.74) is 0. The van der Waals surface area contributed by atoms with E-state index in [1.165, 1.54) is 0 Å². The SMILES string of the molecule is CC(C)CCN(C)C(=O)N1CCCC(C(=O)O)C1. The highest BCUT2D eigenvalue weighted by molar-refractivity contribution is 5.76. The highest BCUT2D eigenvalue weighted by Gasteiger charge is 2.29. The Morgan fingerprint density at radius 3 is 2.67 bits per heavy atom. The molecule has 0 saturated carbocycles. The van der Waals surface area contributed by atoms with E-state index in [9.17, 15) is 9.59 Å². The third-order valence-electron chi connectivity index (χ3n) is 3.41. The quantitative estimate of drug-likeness (QED) is 0.835. The number of nitrogens with zero attached hydrogens (tertiary/aromatic N) is 2. The van der Waals surface area contributed by atoms with Crippen LogP contribution in [0.25, 0.3) is 0 Å². The summed E-state index contributed by atoms with van der Waals surface area (Å²) in [6.07, 6.45) is 2.42. The summed E-state index contributed by atoms with van der Waals surface area (Å²) in [5, 5.41) is 9.00. The van der Waals surface area contributed by atoms with Crippen molar-refractivity contribution < 1.29 is 14.7 Å². The number of urea groups is 1. The lowest BCUT2D eigenvalue weighted by atomic mass is 9.98. The third kappa shape index (κ3) is 4.20. The first-order chi connectivity index (χ1) is 8.41. The Kier molecular flexibility index (Phi) is 5.44. The molecule has 0 spiro atoms. The Labute approximate surface area is 109 Å². The Morgan fingerprint density at radius 1 is 1.44 bits per heavy atom. The molecule has 1 fully saturated rings. The van der Waals surface area contributed by atoms with E-state index in [2.05, 4.69) is 13.8 Å². The number of hydrogen-bond donors (Lipinski definition) is 1. The van der Waals surface area contributed by atoms with Gasteiger partial charge in [-0.25, -0.2) is 4.79 Å². The summed E-state index contributed by atoms with van der Waals surface area (Å²) in [6, 6.07) is -0.0402. The monoisotopic (exact) mass is 256 g/mol. The van der Waals surface area contributed by atoms with Gasteiger partial charge in [-0.05, 0) is 25.2 Å². The van der Waals surface area contributed by atoms with Gasteiger partial charge in [-0.1, -0.05) is 13.8 Å². The highest BCUT2D eigenvalue weighted by Crippen LogP contribution is 2.18. The van der Waals surface area contributed by atoms with Crippen molar-refractivity contribution in [2.75, 3.05) is 26.7 Å². The van der Waals surface area contributed by atoms with Gasteiger partial charge in [0.1, 0.15) is 0 Å². The van der Waals surface area contributed by atoms with E-state index in [-0.39, 0.29) is 6.03 Å². The molecule has 1 rings (SSSR count). The van der Waals surface area contributed by atoms with E-state index in [1.54, 1.807) is 16.8 Å². The van der Waals surface area contributed by atoms with E-state index in [0.717, 1.165) is 19.4 Å². The van der Waals surface area contributed by atoms with Crippen molar-refractivity contribution in [2.45, 2.75) is 33.1 Å². The van der Waals surface area contributed by atoms with Crippen LogP contribution < -0.4 is 0 Å². The van der Waals surface area contributed by atoms with Crippen LogP contribution in [0.5, 0.6) is 0 Å². The maximum absolute atomic E-state index is 12.1. The van der Waals surface area contributed by atoms with Crippen molar-refractivity contribution in [3.05, 3.63) is 0 Å². The Bertz CT molecular complexity index is 305. The second-order valence-corrected chi connectivity index (χ2v) is 5.51. The Balaban J connectivity index is 2.47. The smallest absolute Gasteiger partial charge is 0.319 e. The van der Waals surface area contributed by atoms with Crippen molar-refractivity contribution in [1.82, 2.24) is 9.80 Å². The topological polar surface area (TPSA) is 60.9 Å². The fourth-order valence-corrected chi connectivity index (χ4v) is 2.14. The van der Waals surface area contributed by atoms with Crippen molar-refractivity contribution in [3.8, 4) is 0 Å². The summed E-state index contributed by atoms with van der Waals surface area (Å²) >= 11 is 0. The molecule has 0 aromatic carbocycles. The number of carboxylic acids is 1. The van der Waals surface area contributed by atoms with Gasteiger partial charge in [0.05, 0.1) is 5.92 Å². The molecular formula is C13H24N2O3. The second kappa shape index (κ2) is 6.61. The van der Waals surface area contributed by atoms with E-state index in [4.69, 9.17) is 5.11 Å². The summed E-state index contributed by atoms with van der Waals surface area (Å²) in [7, 11) is 1.79. The predicted molar refractivity (Wildman–Crippen MR) is 69.4 cm³/mol. The molecule has 1 aliphatic rings. The van der Waals surface area contributed by atoms with Crippen LogP contribution in [0.3, 0.4) is 0 Å². The van der Waals surface area contributed by atoms with Crippen LogP contribution in [0.1, 0.15) is 33.1 Å². The lowest BCUT2D eigenvalue weighted by Gasteiger charge is -2.34. The van der Waals surface area contributed by atoms with Crippen molar-refractivity contribution in [2.24, 2.45) is 11.8 Å². The van der Waals surface area contributed by atoms with Crippen LogP contribution in [0.4, 0.5) is 4.79 Å². The highest BCUT2D eigenvalue weighted by atomic mass is 16.4. The molecule has 2 amide bonds. The van der Waals surface area contributed by atoms with Gasteiger partial charge in [-0.2, -0.15) is 0 Å². The van der Waals surface area contributed by atoms with Gasteiger partial charge in [0, 0.05) is 26.7 Å². The molecule has 0 bridgehead atoms. The molecule has 1 unspecified atom stereocenters. The van der Waals surface area contributed by atoms with Gasteiger partial charge in [0.15, 0.2) is 0 Å². The molecule has 18 heavy (non-hydrogen) atoms. The number of carboxylic acid groups (broad SMARTS) is 1. The van der Waals surface area contributed by atoms with Crippen molar-refractivity contribution >= 4 is 12.0 Å². The second-order valence-electron chi connectivity index (χ2n) is 5.51. The van der Waals surface area contributed by atoms with E-state index >= 15 is 0 Å². The fraction of sp³-hybridized carbons (Fsp3) is 0.846. The molecule has 1 heterocycles. The Hall–Kier alpha value is -1.26. The first-order valence-corrected chi connectivity index (χ1v) is 6.64. The molecule has 5 heteroatoms. The summed E-state index contributed by atoms with van der Waals surface area (Å²) < 4.78 is 0. The van der Waals surface area contributed by atoms with Crippen LogP contribution in [0.2, 0.25) is 0 Å². The molecule has 0 aliphatic carbocycles. The van der Waals surface area contributed by atoms with Gasteiger partial charge in [0.2, 0.25) is 0 Å². The molecule has 1 saturated heterocycles. The largest absolute Gasteiger partial charge is 0.481 e. The maximum atomic E-state index is 12.1. The molecular weight excluding hydrogens is 232 g/mol. The lowest BCUT2D eigenvalue weighted by Crippen LogP contribution is -2.47. The Morgan fingerprint density at radius 2 is 2.11 bits per heavy atom. The number of likely N-dealkylation sites (tertiary alicyclic amines) is 1. The number of piperidine rings is 1. The molecule has 1 atom stereocenters. The average Bonchev–Trinajstić information content (AvgIpc) is 2.35. The maximum Gasteiger partial charge on any atom is 0.319 e. The molecule has 0 aromatic rings. The number of rotatable bonds is 4. The third-order valence-corrected chi connectivity index (χ3v) is 3.41. The van der Waals surface area contributed by atoms with E-state index in [0.29, 0.717) is 25.4 Å². The van der Waals surface area contributed by atoms with Crippen LogP contribution in [-0.2, 0) is 4.79 Å². The minimum atomic E-state index is -0.794. The summed E-state index contributed by atoms with van der Waals surface area (Å²) in [6.45, 7) is 6.00. The minimum absolute atomic E-state index is 0.0402. The fourth-order valence-electron chi connectivity index (χ4n) is 2.14. The predicted octanol–water partition coefficient (Wildman–Crippen LogP) is 1.88. The van der Waals surface area contributed by atoms with Gasteiger partial charge in [0.25, 0.3) is 0 Å². The molecule has 0 aromatic heterocycles. The normalized spacial score (nSPS) is 20.0. The standard InChI is InChI=1S/C13H24N2O3/c1-10(2)6-8-14(3)13(18)15-7-4-5-11(9-15)12(16)17/h10-11H,4-9H2,1-3H3,(H,16,17). The molecule has 1 N–H and O–H groups in total. The van der Waals surface area contributed by atoms with Crippen LogP contribution in [-0.4, -0.2) is 53.6 Å². The molecule has 5 nitrogen and oxygen atoms in total. The minimum Gasteiger partial charge on any atom is -0.481 e. The van der Waals surface area contributed by atoms with Gasteiger partial charge in [-0.3, -0.25) is 4.79 Å². The number of amides is 2. The summed E-state index contributed by atoms with van der Waals surface area (Å²) in [5.74, 6) is -0.632. The number of carbonyl (C=O) groups excluding carboxylic acids is 1. The summed E-state index contributed by atoms with van der Waals surface area (Å²) in [4.78, 5) is 26.5. The zero-order valence-electron chi connectivity index (χ0n) is 11.6. The average molecular weight is 256 g/mol. The van der Waals surface area contributed by atoms with E-state index in [1.807, 2.05) is 0 Å². The zero-order chi connectivity index (χ0) is 13.7. The number of carbonyl (C=O) groups is 2. The lowest BCUT2D eigenvalue weighted by molar-refractivity contribution is -0.143. The number of aliphatic carboxylic acids is 1. The molecule has 0 radical (unpaired) electrons. The van der Waals surface area contributed by atoms with Crippen molar-refractivity contribution in [1.29, 1.82) is 0 Å². The van der Waals surface area contributed by atoms with Crippen molar-refractivity contribution in [3.63, 3.8) is 0 Å². The van der Waals surface area contributed by atoms with Crippen LogP contribution in [0.15, 0.2) is 0 Å². The van der Waals surface area contributed by atoms with Crippen LogP contribution >= 0.6 is 0 Å². The molecule has 1 aliphatic heterocycles. The van der Waals surface area contributed by atoms with Gasteiger partial charge >= 0.3 is 12.0 Å². The van der Waals surface area contributed by atoms with Gasteiger partial charge in [-0.15, -0.1) is 0 Å². The number of hydrogen-bond acceptors (Lipinski definition) is 2. The first kappa shape index (κ1) is 14.8. The molecule has 104 valence electrons. The van der Waals surface area contributed by atoms with Gasteiger partial charge < -0.3 is 14.9 Å². The first-order valence-electron chi connectivity index (χ1n) is 6.64. The zero-order valence-corrected chi connectivity index (χ0v) is 11.6. The van der Waals surface area contributed by atoms with E-state index < -0.39 is 11.9 Å².